The van der Waals surface area contributed by atoms with E-state index in [0.29, 0.717) is 17.6 Å². The van der Waals surface area contributed by atoms with E-state index in [0.717, 1.165) is 17.9 Å². The van der Waals surface area contributed by atoms with Crippen molar-refractivity contribution in [3.63, 3.8) is 0 Å². The molecule has 17 heavy (non-hydrogen) atoms. The van der Waals surface area contributed by atoms with E-state index in [1.807, 2.05) is 6.07 Å². The van der Waals surface area contributed by atoms with Crippen LogP contribution in [-0.4, -0.2) is 6.04 Å². The SMILES string of the molecule is CCC(CC1CC1)NCc1cc(F)cc(Cl)c1. The molecule has 0 amide bonds. The van der Waals surface area contributed by atoms with Gasteiger partial charge in [-0.25, -0.2) is 4.39 Å². The standard InChI is InChI=1S/C14H19ClFN/c1-2-14(7-10-3-4-10)17-9-11-5-12(15)8-13(16)6-11/h5-6,8,10,14,17H,2-4,7,9H2,1H3. The summed E-state index contributed by atoms with van der Waals surface area (Å²) in [6.45, 7) is 2.89. The summed E-state index contributed by atoms with van der Waals surface area (Å²) < 4.78 is 13.1. The van der Waals surface area contributed by atoms with Gasteiger partial charge in [0.15, 0.2) is 0 Å². The van der Waals surface area contributed by atoms with Crippen LogP contribution in [0.3, 0.4) is 0 Å². The highest BCUT2D eigenvalue weighted by atomic mass is 35.5. The minimum atomic E-state index is -0.260. The molecule has 0 radical (unpaired) electrons. The molecule has 1 aromatic carbocycles. The molecule has 1 saturated carbocycles. The summed E-state index contributed by atoms with van der Waals surface area (Å²) >= 11 is 5.83. The van der Waals surface area contributed by atoms with Gasteiger partial charge in [-0.15, -0.1) is 0 Å². The van der Waals surface area contributed by atoms with Crippen molar-refractivity contribution in [2.24, 2.45) is 5.92 Å². The summed E-state index contributed by atoms with van der Waals surface area (Å²) in [6, 6.07) is 5.25. The van der Waals surface area contributed by atoms with E-state index in [1.54, 1.807) is 6.07 Å². The highest BCUT2D eigenvalue weighted by molar-refractivity contribution is 6.30. The van der Waals surface area contributed by atoms with Gasteiger partial charge in [0.25, 0.3) is 0 Å². The summed E-state index contributed by atoms with van der Waals surface area (Å²) in [5.41, 5.74) is 0.921. The molecule has 1 nitrogen and oxygen atoms in total. The second kappa shape index (κ2) is 5.83. The third-order valence-electron chi connectivity index (χ3n) is 3.32. The van der Waals surface area contributed by atoms with Gasteiger partial charge >= 0.3 is 0 Å². The first kappa shape index (κ1) is 12.8. The van der Waals surface area contributed by atoms with Gasteiger partial charge in [0, 0.05) is 17.6 Å². The maximum Gasteiger partial charge on any atom is 0.125 e. The molecule has 1 aliphatic rings. The zero-order valence-corrected chi connectivity index (χ0v) is 10.9. The third-order valence-corrected chi connectivity index (χ3v) is 3.54. The summed E-state index contributed by atoms with van der Waals surface area (Å²) in [7, 11) is 0. The second-order valence-electron chi connectivity index (χ2n) is 4.94. The number of rotatable bonds is 6. The molecule has 0 saturated heterocycles. The molecule has 0 heterocycles. The van der Waals surface area contributed by atoms with Gasteiger partial charge in [0.2, 0.25) is 0 Å². The fourth-order valence-corrected chi connectivity index (χ4v) is 2.37. The molecule has 2 rings (SSSR count). The van der Waals surface area contributed by atoms with Gasteiger partial charge < -0.3 is 5.32 Å². The number of hydrogen-bond donors (Lipinski definition) is 1. The van der Waals surface area contributed by atoms with E-state index in [9.17, 15) is 4.39 Å². The number of hydrogen-bond acceptors (Lipinski definition) is 1. The molecule has 1 fully saturated rings. The van der Waals surface area contributed by atoms with Crippen molar-refractivity contribution in [2.75, 3.05) is 0 Å². The lowest BCUT2D eigenvalue weighted by atomic mass is 10.1. The molecule has 1 aliphatic carbocycles. The summed E-state index contributed by atoms with van der Waals surface area (Å²) in [5, 5.41) is 3.96. The van der Waals surface area contributed by atoms with Crippen LogP contribution in [0.2, 0.25) is 5.02 Å². The van der Waals surface area contributed by atoms with Crippen LogP contribution < -0.4 is 5.32 Å². The van der Waals surface area contributed by atoms with E-state index in [1.165, 1.54) is 25.3 Å². The molecule has 0 aliphatic heterocycles. The maximum absolute atomic E-state index is 13.1. The Kier molecular flexibility index (Phi) is 4.41. The van der Waals surface area contributed by atoms with Gasteiger partial charge in [-0.05, 0) is 42.5 Å². The minimum absolute atomic E-state index is 0.260. The van der Waals surface area contributed by atoms with E-state index < -0.39 is 0 Å². The Morgan fingerprint density at radius 1 is 1.41 bits per heavy atom. The minimum Gasteiger partial charge on any atom is -0.310 e. The zero-order valence-electron chi connectivity index (χ0n) is 10.2. The zero-order chi connectivity index (χ0) is 12.3. The van der Waals surface area contributed by atoms with E-state index >= 15 is 0 Å². The number of nitrogens with one attached hydrogen (secondary N) is 1. The van der Waals surface area contributed by atoms with Crippen LogP contribution in [0.5, 0.6) is 0 Å². The fourth-order valence-electron chi connectivity index (χ4n) is 2.13. The van der Waals surface area contributed by atoms with Gasteiger partial charge in [-0.2, -0.15) is 0 Å². The lowest BCUT2D eigenvalue weighted by Crippen LogP contribution is -2.28. The average Bonchev–Trinajstić information content (AvgIpc) is 3.06. The molecule has 1 unspecified atom stereocenters. The first-order valence-electron chi connectivity index (χ1n) is 6.35. The van der Waals surface area contributed by atoms with E-state index in [4.69, 9.17) is 11.6 Å². The molecule has 1 aromatic rings. The van der Waals surface area contributed by atoms with Crippen molar-refractivity contribution in [1.82, 2.24) is 5.32 Å². The molecular weight excluding hydrogens is 237 g/mol. The van der Waals surface area contributed by atoms with Gasteiger partial charge in [0.05, 0.1) is 0 Å². The Morgan fingerprint density at radius 2 is 2.18 bits per heavy atom. The lowest BCUT2D eigenvalue weighted by Gasteiger charge is -2.16. The summed E-state index contributed by atoms with van der Waals surface area (Å²) in [4.78, 5) is 0. The van der Waals surface area contributed by atoms with Crippen LogP contribution in [0.15, 0.2) is 18.2 Å². The Hall–Kier alpha value is -0.600. The van der Waals surface area contributed by atoms with Crippen molar-refractivity contribution >= 4 is 11.6 Å². The average molecular weight is 256 g/mol. The van der Waals surface area contributed by atoms with Crippen molar-refractivity contribution in [2.45, 2.75) is 45.2 Å². The third kappa shape index (κ3) is 4.29. The quantitative estimate of drug-likeness (QED) is 0.805. The first-order chi connectivity index (χ1) is 8.17. The summed E-state index contributed by atoms with van der Waals surface area (Å²) in [6.07, 6.45) is 5.13. The monoisotopic (exact) mass is 255 g/mol. The van der Waals surface area contributed by atoms with Crippen LogP contribution >= 0.6 is 11.6 Å². The highest BCUT2D eigenvalue weighted by Gasteiger charge is 2.24. The molecule has 94 valence electrons. The van der Waals surface area contributed by atoms with Crippen molar-refractivity contribution in [3.8, 4) is 0 Å². The predicted octanol–water partition coefficient (Wildman–Crippen LogP) is 4.15. The smallest absolute Gasteiger partial charge is 0.125 e. The van der Waals surface area contributed by atoms with Crippen molar-refractivity contribution in [1.29, 1.82) is 0 Å². The van der Waals surface area contributed by atoms with Crippen molar-refractivity contribution in [3.05, 3.63) is 34.6 Å². The summed E-state index contributed by atoms with van der Waals surface area (Å²) in [5.74, 6) is 0.660. The Bertz CT molecular complexity index is 356. The first-order valence-corrected chi connectivity index (χ1v) is 6.73. The number of benzene rings is 1. The Morgan fingerprint density at radius 3 is 2.76 bits per heavy atom. The van der Waals surface area contributed by atoms with E-state index in [-0.39, 0.29) is 5.82 Å². The molecular formula is C14H19ClFN. The van der Waals surface area contributed by atoms with Crippen molar-refractivity contribution < 1.29 is 4.39 Å². The molecule has 1 atom stereocenters. The Labute approximate surface area is 107 Å². The molecule has 3 heteroatoms. The van der Waals surface area contributed by atoms with Gasteiger partial charge in [0.1, 0.15) is 5.82 Å². The molecule has 0 aromatic heterocycles. The van der Waals surface area contributed by atoms with Gasteiger partial charge in [-0.1, -0.05) is 31.4 Å². The fraction of sp³-hybridized carbons (Fsp3) is 0.571. The van der Waals surface area contributed by atoms with Crippen LogP contribution in [0, 0.1) is 11.7 Å². The Balaban J connectivity index is 1.86. The van der Waals surface area contributed by atoms with E-state index in [2.05, 4.69) is 12.2 Å². The largest absolute Gasteiger partial charge is 0.310 e. The molecule has 1 N–H and O–H groups in total. The topological polar surface area (TPSA) is 12.0 Å². The normalized spacial score (nSPS) is 17.1. The van der Waals surface area contributed by atoms with Crippen LogP contribution in [0.1, 0.15) is 38.2 Å². The molecule has 0 spiro atoms. The second-order valence-corrected chi connectivity index (χ2v) is 5.38. The predicted molar refractivity (Wildman–Crippen MR) is 69.7 cm³/mol. The highest BCUT2D eigenvalue weighted by Crippen LogP contribution is 2.34. The van der Waals surface area contributed by atoms with Crippen LogP contribution in [0.25, 0.3) is 0 Å². The van der Waals surface area contributed by atoms with Gasteiger partial charge in [-0.3, -0.25) is 0 Å². The lowest BCUT2D eigenvalue weighted by molar-refractivity contribution is 0.444. The molecule has 0 bridgehead atoms. The number of halogens is 2. The maximum atomic E-state index is 13.1. The van der Waals surface area contributed by atoms with Crippen LogP contribution in [-0.2, 0) is 6.54 Å². The van der Waals surface area contributed by atoms with Crippen LogP contribution in [0.4, 0.5) is 4.39 Å².